The van der Waals surface area contributed by atoms with E-state index in [9.17, 15) is 12.8 Å². The fourth-order valence-corrected chi connectivity index (χ4v) is 3.32. The SMILES string of the molecule is Nc1ccc(NS(=O)(=O)c2ccc(Br)cc2F)cc1Br. The Labute approximate surface area is 132 Å². The number of benzene rings is 2. The molecule has 2 aromatic rings. The van der Waals surface area contributed by atoms with Gasteiger partial charge in [0.15, 0.2) is 0 Å². The van der Waals surface area contributed by atoms with E-state index < -0.39 is 20.7 Å². The Morgan fingerprint density at radius 1 is 1.10 bits per heavy atom. The van der Waals surface area contributed by atoms with Gasteiger partial charge in [0, 0.05) is 14.6 Å². The lowest BCUT2D eigenvalue weighted by Gasteiger charge is -2.10. The van der Waals surface area contributed by atoms with Crippen molar-refractivity contribution in [2.75, 3.05) is 10.5 Å². The van der Waals surface area contributed by atoms with E-state index in [1.165, 1.54) is 24.3 Å². The Kier molecular flexibility index (Phi) is 4.36. The van der Waals surface area contributed by atoms with Crippen molar-refractivity contribution in [3.05, 3.63) is 51.2 Å². The average molecular weight is 424 g/mol. The highest BCUT2D eigenvalue weighted by atomic mass is 79.9. The molecule has 3 N–H and O–H groups in total. The molecule has 8 heteroatoms. The lowest BCUT2D eigenvalue weighted by atomic mass is 10.3. The number of nitrogens with two attached hydrogens (primary N) is 1. The van der Waals surface area contributed by atoms with Gasteiger partial charge < -0.3 is 5.73 Å². The first-order chi connectivity index (χ1) is 9.29. The smallest absolute Gasteiger partial charge is 0.264 e. The average Bonchev–Trinajstić information content (AvgIpc) is 2.33. The zero-order valence-electron chi connectivity index (χ0n) is 9.90. The summed E-state index contributed by atoms with van der Waals surface area (Å²) >= 11 is 6.27. The largest absolute Gasteiger partial charge is 0.398 e. The second kappa shape index (κ2) is 5.71. The second-order valence-electron chi connectivity index (χ2n) is 3.92. The van der Waals surface area contributed by atoms with Gasteiger partial charge in [-0.15, -0.1) is 0 Å². The number of hydrogen-bond donors (Lipinski definition) is 2. The predicted molar refractivity (Wildman–Crippen MR) is 83.5 cm³/mol. The number of nitrogens with one attached hydrogen (secondary N) is 1. The molecule has 0 fully saturated rings. The van der Waals surface area contributed by atoms with E-state index in [1.54, 1.807) is 6.07 Å². The van der Waals surface area contributed by atoms with Gasteiger partial charge >= 0.3 is 0 Å². The van der Waals surface area contributed by atoms with Crippen LogP contribution in [0.15, 0.2) is 50.2 Å². The Morgan fingerprint density at radius 2 is 1.80 bits per heavy atom. The molecule has 2 rings (SSSR count). The van der Waals surface area contributed by atoms with Gasteiger partial charge in [0.25, 0.3) is 10.0 Å². The highest BCUT2D eigenvalue weighted by Crippen LogP contribution is 2.26. The molecule has 20 heavy (non-hydrogen) atoms. The van der Waals surface area contributed by atoms with Crippen molar-refractivity contribution in [1.82, 2.24) is 0 Å². The number of anilines is 2. The van der Waals surface area contributed by atoms with Crippen molar-refractivity contribution in [1.29, 1.82) is 0 Å². The maximum atomic E-state index is 13.7. The summed E-state index contributed by atoms with van der Waals surface area (Å²) in [6.45, 7) is 0. The molecule has 0 heterocycles. The van der Waals surface area contributed by atoms with Gasteiger partial charge in [-0.05, 0) is 52.3 Å². The normalized spacial score (nSPS) is 11.3. The van der Waals surface area contributed by atoms with E-state index >= 15 is 0 Å². The van der Waals surface area contributed by atoms with Crippen molar-refractivity contribution in [3.8, 4) is 0 Å². The summed E-state index contributed by atoms with van der Waals surface area (Å²) in [5.74, 6) is -0.832. The van der Waals surface area contributed by atoms with Gasteiger partial charge in [-0.1, -0.05) is 15.9 Å². The summed E-state index contributed by atoms with van der Waals surface area (Å²) in [6, 6.07) is 8.27. The van der Waals surface area contributed by atoms with Crippen LogP contribution in [-0.4, -0.2) is 8.42 Å². The number of nitrogen functional groups attached to an aromatic ring is 1. The van der Waals surface area contributed by atoms with Crippen LogP contribution in [0.2, 0.25) is 0 Å². The quantitative estimate of drug-likeness (QED) is 0.738. The topological polar surface area (TPSA) is 72.2 Å². The summed E-state index contributed by atoms with van der Waals surface area (Å²) in [5, 5.41) is 0. The van der Waals surface area contributed by atoms with Crippen LogP contribution in [0.3, 0.4) is 0 Å². The highest BCUT2D eigenvalue weighted by Gasteiger charge is 2.19. The third-order valence-electron chi connectivity index (χ3n) is 2.44. The predicted octanol–water partition coefficient (Wildman–Crippen LogP) is 3.73. The van der Waals surface area contributed by atoms with Crippen molar-refractivity contribution < 1.29 is 12.8 Å². The lowest BCUT2D eigenvalue weighted by Crippen LogP contribution is -2.14. The van der Waals surface area contributed by atoms with Crippen molar-refractivity contribution in [2.24, 2.45) is 0 Å². The molecule has 106 valence electrons. The number of sulfonamides is 1. The standard InChI is InChI=1S/C12H9Br2FN2O2S/c13-7-1-4-12(10(15)5-7)20(18,19)17-8-2-3-11(16)9(14)6-8/h1-6,17H,16H2. The van der Waals surface area contributed by atoms with Gasteiger partial charge in [0.1, 0.15) is 10.7 Å². The summed E-state index contributed by atoms with van der Waals surface area (Å²) in [5.41, 5.74) is 6.38. The first-order valence-corrected chi connectivity index (χ1v) is 8.39. The Bertz CT molecular complexity index is 766. The Balaban J connectivity index is 2.38. The summed E-state index contributed by atoms with van der Waals surface area (Å²) in [6.07, 6.45) is 0. The lowest BCUT2D eigenvalue weighted by molar-refractivity contribution is 0.570. The molecule has 0 aliphatic rings. The molecular formula is C12H9Br2FN2O2S. The molecule has 0 saturated heterocycles. The fraction of sp³-hybridized carbons (Fsp3) is 0. The minimum Gasteiger partial charge on any atom is -0.398 e. The monoisotopic (exact) mass is 422 g/mol. The van der Waals surface area contributed by atoms with Crippen LogP contribution in [0.4, 0.5) is 15.8 Å². The molecule has 0 aromatic heterocycles. The zero-order chi connectivity index (χ0) is 14.9. The van der Waals surface area contributed by atoms with Crippen molar-refractivity contribution in [3.63, 3.8) is 0 Å². The molecule has 0 saturated carbocycles. The van der Waals surface area contributed by atoms with Gasteiger partial charge in [-0.25, -0.2) is 12.8 Å². The first kappa shape index (κ1) is 15.3. The van der Waals surface area contributed by atoms with E-state index in [4.69, 9.17) is 5.73 Å². The third kappa shape index (κ3) is 3.31. The highest BCUT2D eigenvalue weighted by molar-refractivity contribution is 9.10. The van der Waals surface area contributed by atoms with Crippen LogP contribution in [0, 0.1) is 5.82 Å². The Morgan fingerprint density at radius 3 is 2.40 bits per heavy atom. The number of halogens is 3. The van der Waals surface area contributed by atoms with Crippen LogP contribution in [0.25, 0.3) is 0 Å². The van der Waals surface area contributed by atoms with Gasteiger partial charge in [-0.3, -0.25) is 4.72 Å². The van der Waals surface area contributed by atoms with Crippen molar-refractivity contribution >= 4 is 53.3 Å². The second-order valence-corrected chi connectivity index (χ2v) is 7.34. The van der Waals surface area contributed by atoms with Crippen LogP contribution < -0.4 is 10.5 Å². The van der Waals surface area contributed by atoms with Crippen LogP contribution in [0.5, 0.6) is 0 Å². The minimum absolute atomic E-state index is 0.286. The third-order valence-corrected chi connectivity index (χ3v) is 5.03. The fourth-order valence-electron chi connectivity index (χ4n) is 1.49. The molecule has 2 aromatic carbocycles. The number of hydrogen-bond acceptors (Lipinski definition) is 3. The van der Waals surface area contributed by atoms with E-state index in [0.29, 0.717) is 14.6 Å². The van der Waals surface area contributed by atoms with Crippen LogP contribution in [0.1, 0.15) is 0 Å². The summed E-state index contributed by atoms with van der Waals surface area (Å²) < 4.78 is 41.3. The molecule has 0 atom stereocenters. The first-order valence-electron chi connectivity index (χ1n) is 5.32. The summed E-state index contributed by atoms with van der Waals surface area (Å²) in [7, 11) is -4.00. The van der Waals surface area contributed by atoms with Crippen LogP contribution in [-0.2, 0) is 10.0 Å². The van der Waals surface area contributed by atoms with E-state index in [1.807, 2.05) is 0 Å². The molecule has 0 radical (unpaired) electrons. The zero-order valence-corrected chi connectivity index (χ0v) is 13.9. The van der Waals surface area contributed by atoms with E-state index in [-0.39, 0.29) is 5.69 Å². The molecule has 4 nitrogen and oxygen atoms in total. The Hall–Kier alpha value is -1.12. The molecule has 0 unspecified atom stereocenters. The van der Waals surface area contributed by atoms with E-state index in [2.05, 4.69) is 36.6 Å². The summed E-state index contributed by atoms with van der Waals surface area (Å²) in [4.78, 5) is -0.423. The van der Waals surface area contributed by atoms with Gasteiger partial charge in [0.2, 0.25) is 0 Å². The van der Waals surface area contributed by atoms with E-state index in [0.717, 1.165) is 6.07 Å². The van der Waals surface area contributed by atoms with Gasteiger partial charge in [-0.2, -0.15) is 0 Å². The number of rotatable bonds is 3. The maximum Gasteiger partial charge on any atom is 0.264 e. The molecule has 0 spiro atoms. The molecule has 0 aliphatic carbocycles. The van der Waals surface area contributed by atoms with Crippen molar-refractivity contribution in [2.45, 2.75) is 4.90 Å². The molecule has 0 amide bonds. The molecular weight excluding hydrogens is 415 g/mol. The minimum atomic E-state index is -4.00. The van der Waals surface area contributed by atoms with Crippen LogP contribution >= 0.6 is 31.9 Å². The maximum absolute atomic E-state index is 13.7. The molecule has 0 aliphatic heterocycles. The van der Waals surface area contributed by atoms with Gasteiger partial charge in [0.05, 0.1) is 5.69 Å². The molecule has 0 bridgehead atoms.